The molecule has 1 heterocycles. The Kier molecular flexibility index (Phi) is 4.18. The van der Waals surface area contributed by atoms with Crippen LogP contribution in [0.15, 0.2) is 24.3 Å². The van der Waals surface area contributed by atoms with E-state index in [0.717, 1.165) is 37.9 Å². The first kappa shape index (κ1) is 11.9. The second-order valence-corrected chi connectivity index (χ2v) is 4.54. The first-order chi connectivity index (χ1) is 7.83. The van der Waals surface area contributed by atoms with Crippen molar-refractivity contribution in [1.82, 2.24) is 0 Å². The maximum Gasteiger partial charge on any atom is 0.164 e. The molecule has 2 rings (SSSR count). The highest BCUT2D eigenvalue weighted by Crippen LogP contribution is 2.19. The smallest absolute Gasteiger partial charge is 0.164 e. The van der Waals surface area contributed by atoms with Crippen LogP contribution in [-0.2, 0) is 4.74 Å². The molecule has 16 heavy (non-hydrogen) atoms. The number of morpholine rings is 1. The lowest BCUT2D eigenvalue weighted by molar-refractivity contribution is -0.944. The maximum absolute atomic E-state index is 6.24. The van der Waals surface area contributed by atoms with Crippen LogP contribution in [0.5, 0.6) is 0 Å². The van der Waals surface area contributed by atoms with Gasteiger partial charge in [0.2, 0.25) is 0 Å². The van der Waals surface area contributed by atoms with Crippen molar-refractivity contribution < 1.29 is 15.4 Å². The largest absolute Gasteiger partial charge is 0.370 e. The van der Waals surface area contributed by atoms with E-state index in [-0.39, 0.29) is 0 Å². The summed E-state index contributed by atoms with van der Waals surface area (Å²) in [6.45, 7) is 4.66. The van der Waals surface area contributed by atoms with Crippen molar-refractivity contribution in [2.24, 2.45) is 0 Å². The molecule has 0 saturated carbocycles. The van der Waals surface area contributed by atoms with Gasteiger partial charge in [-0.1, -0.05) is 29.8 Å². The molecule has 0 amide bonds. The summed E-state index contributed by atoms with van der Waals surface area (Å²) in [5, 5.41) is 0.857. The Morgan fingerprint density at radius 3 is 2.62 bits per heavy atom. The Bertz CT molecular complexity index is 340. The molecule has 4 heteroatoms. The second-order valence-electron chi connectivity index (χ2n) is 4.13. The quantitative estimate of drug-likeness (QED) is 0.740. The molecule has 1 aromatic rings. The lowest BCUT2D eigenvalue weighted by Gasteiger charge is -2.30. The number of hydrogen-bond acceptors (Lipinski definition) is 1. The molecule has 0 aromatic heterocycles. The molecule has 3 nitrogen and oxygen atoms in total. The number of nitrogens with one attached hydrogen (secondary N) is 1. The normalized spacial score (nSPS) is 19.6. The Balaban J connectivity index is 2.18. The summed E-state index contributed by atoms with van der Waals surface area (Å²) < 4.78 is 5.39. The molecule has 0 spiro atoms. The summed E-state index contributed by atoms with van der Waals surface area (Å²) in [5.41, 5.74) is 5.28. The zero-order valence-electron chi connectivity index (χ0n) is 9.42. The van der Waals surface area contributed by atoms with Crippen LogP contribution in [0.25, 0.3) is 0 Å². The fourth-order valence-electron chi connectivity index (χ4n) is 2.32. The monoisotopic (exact) mass is 242 g/mol. The molecule has 1 saturated heterocycles. The van der Waals surface area contributed by atoms with Crippen molar-refractivity contribution in [1.29, 1.82) is 0 Å². The Labute approximate surface area is 101 Å². The van der Waals surface area contributed by atoms with Crippen LogP contribution in [0.2, 0.25) is 5.02 Å². The predicted molar refractivity (Wildman–Crippen MR) is 63.5 cm³/mol. The van der Waals surface area contributed by atoms with E-state index in [1.54, 1.807) is 0 Å². The number of rotatable bonds is 3. The van der Waals surface area contributed by atoms with Crippen molar-refractivity contribution in [3.05, 3.63) is 34.9 Å². The van der Waals surface area contributed by atoms with E-state index in [1.807, 2.05) is 18.2 Å². The van der Waals surface area contributed by atoms with E-state index < -0.39 is 0 Å². The summed E-state index contributed by atoms with van der Waals surface area (Å²) in [5.74, 6) is 0. The lowest BCUT2D eigenvalue weighted by atomic mass is 10.0. The Morgan fingerprint density at radius 1 is 1.31 bits per heavy atom. The Hall–Kier alpha value is -0.610. The zero-order valence-corrected chi connectivity index (χ0v) is 10.2. The highest BCUT2D eigenvalue weighted by molar-refractivity contribution is 6.31. The molecule has 88 valence electrons. The van der Waals surface area contributed by atoms with Gasteiger partial charge in [-0.15, -0.1) is 0 Å². The summed E-state index contributed by atoms with van der Waals surface area (Å²) >= 11 is 6.24. The van der Waals surface area contributed by atoms with E-state index in [9.17, 15) is 0 Å². The molecule has 1 aliphatic heterocycles. The first-order valence-corrected chi connectivity index (χ1v) is 6.16. The highest BCUT2D eigenvalue weighted by atomic mass is 35.5. The topological polar surface area (TPSA) is 41.3 Å². The minimum absolute atomic E-state index is 0.401. The zero-order chi connectivity index (χ0) is 11.4. The minimum atomic E-state index is 0.401. The first-order valence-electron chi connectivity index (χ1n) is 5.79. The molecule has 1 atom stereocenters. The number of halogens is 1. The number of hydrogen-bond donors (Lipinski definition) is 2. The molecule has 4 N–H and O–H groups in total. The second kappa shape index (κ2) is 5.64. The van der Waals surface area contributed by atoms with Crippen LogP contribution in [-0.4, -0.2) is 32.8 Å². The molecule has 0 radical (unpaired) electrons. The van der Waals surface area contributed by atoms with Crippen molar-refractivity contribution in [3.8, 4) is 0 Å². The van der Waals surface area contributed by atoms with Gasteiger partial charge in [0.15, 0.2) is 6.04 Å². The van der Waals surface area contributed by atoms with E-state index in [0.29, 0.717) is 6.04 Å². The molecular weight excluding hydrogens is 224 g/mol. The molecule has 1 fully saturated rings. The van der Waals surface area contributed by atoms with Gasteiger partial charge in [0.1, 0.15) is 19.6 Å². The number of benzene rings is 1. The van der Waals surface area contributed by atoms with Gasteiger partial charge in [-0.05, 0) is 6.07 Å². The molecule has 0 unspecified atom stereocenters. The van der Waals surface area contributed by atoms with Crippen molar-refractivity contribution in [2.75, 3.05) is 32.8 Å². The van der Waals surface area contributed by atoms with Gasteiger partial charge in [-0.3, -0.25) is 0 Å². The van der Waals surface area contributed by atoms with Crippen molar-refractivity contribution in [2.45, 2.75) is 6.04 Å². The van der Waals surface area contributed by atoms with Crippen molar-refractivity contribution >= 4 is 11.6 Å². The van der Waals surface area contributed by atoms with E-state index in [4.69, 9.17) is 16.3 Å². The van der Waals surface area contributed by atoms with Crippen LogP contribution in [0.1, 0.15) is 11.6 Å². The third-order valence-electron chi connectivity index (χ3n) is 3.20. The molecule has 1 aromatic carbocycles. The standard InChI is InChI=1S/C12H17ClN2O/c13-11-4-2-1-3-10(11)12(9-14)15-5-7-16-8-6-15/h1-4,12H,5-9,14H2/p+2/t12-/m0/s1. The average Bonchev–Trinajstić information content (AvgIpc) is 2.34. The van der Waals surface area contributed by atoms with Crippen LogP contribution in [0, 0.1) is 0 Å². The van der Waals surface area contributed by atoms with Crippen LogP contribution in [0.3, 0.4) is 0 Å². The van der Waals surface area contributed by atoms with Gasteiger partial charge in [-0.25, -0.2) is 0 Å². The molecular formula is C12H19ClN2O+2. The van der Waals surface area contributed by atoms with E-state index in [1.165, 1.54) is 10.5 Å². The van der Waals surface area contributed by atoms with E-state index in [2.05, 4.69) is 11.8 Å². The van der Waals surface area contributed by atoms with Crippen molar-refractivity contribution in [3.63, 3.8) is 0 Å². The average molecular weight is 243 g/mol. The van der Waals surface area contributed by atoms with Crippen LogP contribution >= 0.6 is 11.6 Å². The van der Waals surface area contributed by atoms with Gasteiger partial charge >= 0.3 is 0 Å². The summed E-state index contributed by atoms with van der Waals surface area (Å²) in [7, 11) is 0. The SMILES string of the molecule is [NH3+]C[C@@H](c1ccccc1Cl)[NH+]1CCOCC1. The maximum atomic E-state index is 6.24. The highest BCUT2D eigenvalue weighted by Gasteiger charge is 2.27. The van der Waals surface area contributed by atoms with Gasteiger partial charge in [0.25, 0.3) is 0 Å². The minimum Gasteiger partial charge on any atom is -0.370 e. The predicted octanol–water partition coefficient (Wildman–Crippen LogP) is -0.462. The van der Waals surface area contributed by atoms with Gasteiger partial charge in [0.05, 0.1) is 13.2 Å². The fourth-order valence-corrected chi connectivity index (χ4v) is 2.59. The number of quaternary nitrogens is 2. The summed E-state index contributed by atoms with van der Waals surface area (Å²) in [6.07, 6.45) is 0. The fraction of sp³-hybridized carbons (Fsp3) is 0.500. The van der Waals surface area contributed by atoms with Gasteiger partial charge in [-0.2, -0.15) is 0 Å². The summed E-state index contributed by atoms with van der Waals surface area (Å²) in [6, 6.07) is 8.49. The summed E-state index contributed by atoms with van der Waals surface area (Å²) in [4.78, 5) is 1.54. The lowest BCUT2D eigenvalue weighted by Crippen LogP contribution is -3.15. The third kappa shape index (κ3) is 2.55. The van der Waals surface area contributed by atoms with E-state index >= 15 is 0 Å². The molecule has 0 aliphatic carbocycles. The van der Waals surface area contributed by atoms with Crippen LogP contribution < -0.4 is 10.6 Å². The molecule has 0 bridgehead atoms. The Morgan fingerprint density at radius 2 is 2.00 bits per heavy atom. The van der Waals surface area contributed by atoms with Gasteiger partial charge < -0.3 is 15.4 Å². The number of ether oxygens (including phenoxy) is 1. The molecule has 1 aliphatic rings. The third-order valence-corrected chi connectivity index (χ3v) is 3.54. The van der Waals surface area contributed by atoms with Gasteiger partial charge in [0, 0.05) is 10.6 Å². The van der Waals surface area contributed by atoms with Crippen LogP contribution in [0.4, 0.5) is 0 Å².